The predicted molar refractivity (Wildman–Crippen MR) is 62.0 cm³/mol. The van der Waals surface area contributed by atoms with Gasteiger partial charge in [-0.2, -0.15) is 0 Å². The average Bonchev–Trinajstić information content (AvgIpc) is 2.15. The summed E-state index contributed by atoms with van der Waals surface area (Å²) in [5, 5.41) is 3.36. The largest absolute Gasteiger partial charge is 0.380 e. The lowest BCUT2D eigenvalue weighted by atomic mass is 9.88. The molecule has 0 saturated carbocycles. The van der Waals surface area contributed by atoms with Gasteiger partial charge in [0.1, 0.15) is 0 Å². The first kappa shape index (κ1) is 11.4. The quantitative estimate of drug-likeness (QED) is 0.751. The first-order chi connectivity index (χ1) is 7.29. The highest BCUT2D eigenvalue weighted by Crippen LogP contribution is 2.20. The molecule has 0 aromatic rings. The number of ether oxygens (including phenoxy) is 1. The number of rotatable bonds is 4. The zero-order valence-corrected chi connectivity index (χ0v) is 10.0. The van der Waals surface area contributed by atoms with Crippen LogP contribution in [0.4, 0.5) is 0 Å². The lowest BCUT2D eigenvalue weighted by molar-refractivity contribution is 0.0213. The second kappa shape index (κ2) is 5.28. The van der Waals surface area contributed by atoms with E-state index in [-0.39, 0.29) is 0 Å². The summed E-state index contributed by atoms with van der Waals surface area (Å²) in [6, 6.07) is 0. The van der Waals surface area contributed by atoms with Gasteiger partial charge in [-0.15, -0.1) is 0 Å². The van der Waals surface area contributed by atoms with Gasteiger partial charge in [0.05, 0.1) is 6.10 Å². The summed E-state index contributed by atoms with van der Waals surface area (Å²) in [5.74, 6) is 1.75. The van der Waals surface area contributed by atoms with Crippen molar-refractivity contribution in [2.24, 2.45) is 11.8 Å². The van der Waals surface area contributed by atoms with E-state index in [2.05, 4.69) is 17.1 Å². The Hall–Kier alpha value is -0.120. The first-order valence-corrected chi connectivity index (χ1v) is 6.25. The van der Waals surface area contributed by atoms with Crippen LogP contribution in [-0.4, -0.2) is 50.8 Å². The van der Waals surface area contributed by atoms with E-state index in [0.29, 0.717) is 6.10 Å². The highest BCUT2D eigenvalue weighted by molar-refractivity contribution is 4.83. The minimum Gasteiger partial charge on any atom is -0.380 e. The molecule has 2 heterocycles. The number of hydrogen-bond acceptors (Lipinski definition) is 3. The Labute approximate surface area is 93.2 Å². The van der Waals surface area contributed by atoms with Gasteiger partial charge in [-0.1, -0.05) is 6.92 Å². The fourth-order valence-electron chi connectivity index (χ4n) is 2.64. The third-order valence-electron chi connectivity index (χ3n) is 3.96. The maximum Gasteiger partial charge on any atom is 0.0698 e. The Morgan fingerprint density at radius 2 is 2.27 bits per heavy atom. The van der Waals surface area contributed by atoms with Crippen molar-refractivity contribution in [2.45, 2.75) is 25.9 Å². The van der Waals surface area contributed by atoms with Crippen LogP contribution in [0.15, 0.2) is 0 Å². The minimum absolute atomic E-state index is 0.477. The van der Waals surface area contributed by atoms with Crippen LogP contribution in [0.5, 0.6) is 0 Å². The zero-order chi connectivity index (χ0) is 10.7. The van der Waals surface area contributed by atoms with Crippen molar-refractivity contribution >= 4 is 0 Å². The molecule has 2 fully saturated rings. The van der Waals surface area contributed by atoms with E-state index >= 15 is 0 Å². The number of nitrogens with zero attached hydrogens (tertiary/aromatic N) is 1. The molecular formula is C12H24N2O. The molecule has 0 amide bonds. The molecule has 3 heteroatoms. The lowest BCUT2D eigenvalue weighted by Gasteiger charge is -2.38. The molecule has 88 valence electrons. The smallest absolute Gasteiger partial charge is 0.0698 e. The SMILES string of the molecule is COC1CCCN(CC(C)C2CNC2)C1. The maximum absolute atomic E-state index is 5.45. The third-order valence-corrected chi connectivity index (χ3v) is 3.96. The minimum atomic E-state index is 0.477. The summed E-state index contributed by atoms with van der Waals surface area (Å²) in [4.78, 5) is 2.58. The Morgan fingerprint density at radius 1 is 1.47 bits per heavy atom. The van der Waals surface area contributed by atoms with Gasteiger partial charge in [0.15, 0.2) is 0 Å². The van der Waals surface area contributed by atoms with Crippen molar-refractivity contribution in [1.29, 1.82) is 0 Å². The molecule has 1 N–H and O–H groups in total. The van der Waals surface area contributed by atoms with E-state index in [1.54, 1.807) is 0 Å². The monoisotopic (exact) mass is 212 g/mol. The van der Waals surface area contributed by atoms with Crippen LogP contribution in [0.25, 0.3) is 0 Å². The molecule has 0 radical (unpaired) electrons. The zero-order valence-electron chi connectivity index (χ0n) is 10.0. The first-order valence-electron chi connectivity index (χ1n) is 6.25. The number of piperidine rings is 1. The van der Waals surface area contributed by atoms with Gasteiger partial charge in [-0.05, 0) is 44.3 Å². The van der Waals surface area contributed by atoms with Gasteiger partial charge in [0.25, 0.3) is 0 Å². The molecule has 2 atom stereocenters. The number of hydrogen-bond donors (Lipinski definition) is 1. The van der Waals surface area contributed by atoms with E-state index in [4.69, 9.17) is 4.74 Å². The molecule has 2 aliphatic heterocycles. The second-order valence-electron chi connectivity index (χ2n) is 5.16. The normalized spacial score (nSPS) is 31.2. The Balaban J connectivity index is 1.72. The van der Waals surface area contributed by atoms with Crippen LogP contribution < -0.4 is 5.32 Å². The molecule has 0 spiro atoms. The number of methoxy groups -OCH3 is 1. The fraction of sp³-hybridized carbons (Fsp3) is 1.00. The Morgan fingerprint density at radius 3 is 2.87 bits per heavy atom. The highest BCUT2D eigenvalue weighted by atomic mass is 16.5. The summed E-state index contributed by atoms with van der Waals surface area (Å²) < 4.78 is 5.45. The van der Waals surface area contributed by atoms with Crippen molar-refractivity contribution in [1.82, 2.24) is 10.2 Å². The van der Waals surface area contributed by atoms with Gasteiger partial charge in [0, 0.05) is 20.2 Å². The van der Waals surface area contributed by atoms with Gasteiger partial charge >= 0.3 is 0 Å². The Kier molecular flexibility index (Phi) is 4.00. The predicted octanol–water partition coefficient (Wildman–Crippen LogP) is 0.953. The van der Waals surface area contributed by atoms with Gasteiger partial charge in [0.2, 0.25) is 0 Å². The van der Waals surface area contributed by atoms with E-state index in [9.17, 15) is 0 Å². The van der Waals surface area contributed by atoms with E-state index in [1.165, 1.54) is 39.0 Å². The molecule has 2 unspecified atom stereocenters. The van der Waals surface area contributed by atoms with Crippen LogP contribution in [0, 0.1) is 11.8 Å². The molecule has 0 bridgehead atoms. The van der Waals surface area contributed by atoms with Crippen molar-refractivity contribution < 1.29 is 4.74 Å². The van der Waals surface area contributed by atoms with Gasteiger partial charge in [-0.3, -0.25) is 0 Å². The summed E-state index contributed by atoms with van der Waals surface area (Å²) in [5.41, 5.74) is 0. The van der Waals surface area contributed by atoms with Crippen LogP contribution in [0.2, 0.25) is 0 Å². The van der Waals surface area contributed by atoms with Crippen molar-refractivity contribution in [3.05, 3.63) is 0 Å². The van der Waals surface area contributed by atoms with Gasteiger partial charge in [-0.25, -0.2) is 0 Å². The molecule has 2 aliphatic rings. The number of nitrogens with one attached hydrogen (secondary N) is 1. The van der Waals surface area contributed by atoms with Crippen LogP contribution >= 0.6 is 0 Å². The lowest BCUT2D eigenvalue weighted by Crippen LogP contribution is -2.49. The van der Waals surface area contributed by atoms with Crippen molar-refractivity contribution in [3.63, 3.8) is 0 Å². The number of likely N-dealkylation sites (tertiary alicyclic amines) is 1. The summed E-state index contributed by atoms with van der Waals surface area (Å²) >= 11 is 0. The van der Waals surface area contributed by atoms with Crippen molar-refractivity contribution in [3.8, 4) is 0 Å². The summed E-state index contributed by atoms with van der Waals surface area (Å²) in [6.45, 7) is 8.50. The summed E-state index contributed by atoms with van der Waals surface area (Å²) in [6.07, 6.45) is 3.02. The van der Waals surface area contributed by atoms with Crippen molar-refractivity contribution in [2.75, 3.05) is 39.8 Å². The second-order valence-corrected chi connectivity index (χ2v) is 5.16. The van der Waals surface area contributed by atoms with Crippen LogP contribution in [0.1, 0.15) is 19.8 Å². The van der Waals surface area contributed by atoms with E-state index in [0.717, 1.165) is 18.4 Å². The van der Waals surface area contributed by atoms with E-state index in [1.807, 2.05) is 7.11 Å². The highest BCUT2D eigenvalue weighted by Gasteiger charge is 2.27. The molecular weight excluding hydrogens is 188 g/mol. The maximum atomic E-state index is 5.45. The topological polar surface area (TPSA) is 24.5 Å². The molecule has 0 aromatic heterocycles. The fourth-order valence-corrected chi connectivity index (χ4v) is 2.64. The van der Waals surface area contributed by atoms with Crippen LogP contribution in [-0.2, 0) is 4.74 Å². The summed E-state index contributed by atoms with van der Waals surface area (Å²) in [7, 11) is 1.84. The molecule has 0 aliphatic carbocycles. The molecule has 3 nitrogen and oxygen atoms in total. The van der Waals surface area contributed by atoms with Gasteiger partial charge < -0.3 is 15.0 Å². The molecule has 2 saturated heterocycles. The third kappa shape index (κ3) is 2.92. The Bertz CT molecular complexity index is 194. The molecule has 2 rings (SSSR count). The molecule has 15 heavy (non-hydrogen) atoms. The standard InChI is InChI=1S/C12H24N2O/c1-10(11-6-13-7-11)8-14-5-3-4-12(9-14)15-2/h10-13H,3-9H2,1-2H3. The molecule has 0 aromatic carbocycles. The average molecular weight is 212 g/mol. The van der Waals surface area contributed by atoms with Crippen LogP contribution in [0.3, 0.4) is 0 Å². The van der Waals surface area contributed by atoms with E-state index < -0.39 is 0 Å².